The quantitative estimate of drug-likeness (QED) is 0.220. The number of hydrogen-bond donors (Lipinski definition) is 1. The Morgan fingerprint density at radius 2 is 1.89 bits per heavy atom. The fourth-order valence-electron chi connectivity index (χ4n) is 4.98. The van der Waals surface area contributed by atoms with E-state index in [1.54, 1.807) is 18.4 Å². The summed E-state index contributed by atoms with van der Waals surface area (Å²) >= 11 is 1.66. The van der Waals surface area contributed by atoms with Crippen molar-refractivity contribution in [3.63, 3.8) is 0 Å². The van der Waals surface area contributed by atoms with Crippen molar-refractivity contribution in [3.05, 3.63) is 68.8 Å². The summed E-state index contributed by atoms with van der Waals surface area (Å²) in [6, 6.07) is 14.0. The van der Waals surface area contributed by atoms with Gasteiger partial charge in [0.25, 0.3) is 5.56 Å². The van der Waals surface area contributed by atoms with Crippen molar-refractivity contribution in [2.45, 2.75) is 58.8 Å². The number of nitrogens with one attached hydrogen (secondary N) is 1. The molecule has 0 bridgehead atoms. The number of nitrogens with zero attached hydrogens (tertiary/aromatic N) is 1. The van der Waals surface area contributed by atoms with Gasteiger partial charge in [-0.1, -0.05) is 32.9 Å². The lowest BCUT2D eigenvalue weighted by Crippen LogP contribution is -2.13. The lowest BCUT2D eigenvalue weighted by atomic mass is 9.89. The van der Waals surface area contributed by atoms with Gasteiger partial charge in [0, 0.05) is 16.9 Å². The maximum Gasteiger partial charge on any atom is 0.260 e. The van der Waals surface area contributed by atoms with E-state index in [4.69, 9.17) is 19.2 Å². The van der Waals surface area contributed by atoms with Crippen LogP contribution in [0.4, 0.5) is 0 Å². The first-order valence-electron chi connectivity index (χ1n) is 13.5. The van der Waals surface area contributed by atoms with Crippen molar-refractivity contribution >= 4 is 21.6 Å². The van der Waals surface area contributed by atoms with Gasteiger partial charge in [-0.3, -0.25) is 4.79 Å². The SMILES string of the molecule is CCC(C)c1ccc(OCCCOc2ccc(-c3nc4sc5c(c4c(=O)[nH]3)CCC(C)C5)cc2OC)cc1. The fraction of sp³-hybridized carbons (Fsp3) is 0.419. The fourth-order valence-corrected chi connectivity index (χ4v) is 6.36. The van der Waals surface area contributed by atoms with Crippen LogP contribution in [-0.4, -0.2) is 30.3 Å². The van der Waals surface area contributed by atoms with E-state index >= 15 is 0 Å². The molecule has 1 N–H and O–H groups in total. The molecule has 6 nitrogen and oxygen atoms in total. The van der Waals surface area contributed by atoms with Crippen molar-refractivity contribution in [2.75, 3.05) is 20.3 Å². The number of methoxy groups -OCH3 is 1. The van der Waals surface area contributed by atoms with Gasteiger partial charge in [-0.15, -0.1) is 11.3 Å². The lowest BCUT2D eigenvalue weighted by molar-refractivity contribution is 0.240. The summed E-state index contributed by atoms with van der Waals surface area (Å²) in [4.78, 5) is 23.0. The van der Waals surface area contributed by atoms with Gasteiger partial charge in [-0.25, -0.2) is 4.98 Å². The maximum absolute atomic E-state index is 13.0. The molecule has 7 heteroatoms. The number of hydrogen-bond acceptors (Lipinski definition) is 6. The first-order chi connectivity index (χ1) is 18.5. The van der Waals surface area contributed by atoms with E-state index in [2.05, 4.69) is 37.9 Å². The summed E-state index contributed by atoms with van der Waals surface area (Å²) in [5, 5.41) is 0.765. The largest absolute Gasteiger partial charge is 0.493 e. The molecular weight excluding hydrogens is 496 g/mol. The van der Waals surface area contributed by atoms with Crippen molar-refractivity contribution in [1.82, 2.24) is 9.97 Å². The highest BCUT2D eigenvalue weighted by Crippen LogP contribution is 2.37. The van der Waals surface area contributed by atoms with Gasteiger partial charge >= 0.3 is 0 Å². The van der Waals surface area contributed by atoms with E-state index in [0.29, 0.717) is 42.4 Å². The minimum Gasteiger partial charge on any atom is -0.493 e. The van der Waals surface area contributed by atoms with E-state index in [1.165, 1.54) is 16.0 Å². The molecular formula is C31H36N2O4S. The Kier molecular flexibility index (Phi) is 8.03. The van der Waals surface area contributed by atoms with Crippen LogP contribution in [0.3, 0.4) is 0 Å². The molecule has 1 aliphatic rings. The maximum atomic E-state index is 13.0. The second-order valence-electron chi connectivity index (χ2n) is 10.2. The Labute approximate surface area is 228 Å². The molecule has 2 aromatic heterocycles. The van der Waals surface area contributed by atoms with Gasteiger partial charge in [0.2, 0.25) is 0 Å². The van der Waals surface area contributed by atoms with E-state index in [-0.39, 0.29) is 5.56 Å². The molecule has 200 valence electrons. The molecule has 1 aliphatic carbocycles. The van der Waals surface area contributed by atoms with Gasteiger partial charge in [0.15, 0.2) is 11.5 Å². The van der Waals surface area contributed by atoms with Crippen LogP contribution in [0.5, 0.6) is 17.2 Å². The molecule has 0 fully saturated rings. The average Bonchev–Trinajstić information content (AvgIpc) is 3.30. The third-order valence-corrected chi connectivity index (χ3v) is 8.63. The predicted molar refractivity (Wildman–Crippen MR) is 154 cm³/mol. The molecule has 0 spiro atoms. The van der Waals surface area contributed by atoms with Crippen LogP contribution in [0.25, 0.3) is 21.6 Å². The summed E-state index contributed by atoms with van der Waals surface area (Å²) < 4.78 is 17.5. The van der Waals surface area contributed by atoms with Gasteiger partial charge in [0.1, 0.15) is 16.4 Å². The summed E-state index contributed by atoms with van der Waals surface area (Å²) in [5.41, 5.74) is 3.25. The van der Waals surface area contributed by atoms with Crippen molar-refractivity contribution < 1.29 is 14.2 Å². The minimum atomic E-state index is -0.0640. The zero-order valence-electron chi connectivity index (χ0n) is 22.6. The van der Waals surface area contributed by atoms with Crippen LogP contribution in [0.15, 0.2) is 47.3 Å². The molecule has 2 atom stereocenters. The Morgan fingerprint density at radius 3 is 2.66 bits per heavy atom. The molecule has 2 heterocycles. The second kappa shape index (κ2) is 11.6. The number of fused-ring (bicyclic) bond motifs is 3. The number of aromatic nitrogens is 2. The highest BCUT2D eigenvalue weighted by atomic mass is 32.1. The zero-order valence-corrected chi connectivity index (χ0v) is 23.5. The second-order valence-corrected chi connectivity index (χ2v) is 11.3. The summed E-state index contributed by atoms with van der Waals surface area (Å²) in [6.07, 6.45) is 4.97. The zero-order chi connectivity index (χ0) is 26.6. The van der Waals surface area contributed by atoms with Crippen LogP contribution < -0.4 is 19.8 Å². The summed E-state index contributed by atoms with van der Waals surface area (Å²) in [7, 11) is 1.62. The van der Waals surface area contributed by atoms with Crippen LogP contribution in [0.1, 0.15) is 62.0 Å². The van der Waals surface area contributed by atoms with Crippen molar-refractivity contribution in [1.29, 1.82) is 0 Å². The Balaban J connectivity index is 1.22. The van der Waals surface area contributed by atoms with Crippen LogP contribution in [-0.2, 0) is 12.8 Å². The average molecular weight is 533 g/mol. The molecule has 5 rings (SSSR count). The number of ether oxygens (including phenoxy) is 3. The summed E-state index contributed by atoms with van der Waals surface area (Å²) in [6.45, 7) is 7.77. The Bertz CT molecular complexity index is 1460. The van der Waals surface area contributed by atoms with Crippen LogP contribution in [0.2, 0.25) is 0 Å². The third kappa shape index (κ3) is 5.58. The smallest absolute Gasteiger partial charge is 0.260 e. The molecule has 2 aromatic carbocycles. The van der Waals surface area contributed by atoms with Gasteiger partial charge in [0.05, 0.1) is 25.7 Å². The third-order valence-electron chi connectivity index (χ3n) is 7.48. The van der Waals surface area contributed by atoms with Crippen molar-refractivity contribution in [3.8, 4) is 28.6 Å². The van der Waals surface area contributed by atoms with E-state index in [9.17, 15) is 4.79 Å². The van der Waals surface area contributed by atoms with E-state index < -0.39 is 0 Å². The number of aromatic amines is 1. The molecule has 0 aliphatic heterocycles. The molecule has 38 heavy (non-hydrogen) atoms. The van der Waals surface area contributed by atoms with Gasteiger partial charge in [-0.05, 0) is 79.0 Å². The predicted octanol–water partition coefficient (Wildman–Crippen LogP) is 7.15. The molecule has 0 saturated carbocycles. The molecule has 0 saturated heterocycles. The number of aryl methyl sites for hydroxylation is 1. The molecule has 0 amide bonds. The van der Waals surface area contributed by atoms with Crippen LogP contribution >= 0.6 is 11.3 Å². The lowest BCUT2D eigenvalue weighted by Gasteiger charge is -2.17. The van der Waals surface area contributed by atoms with Gasteiger partial charge < -0.3 is 19.2 Å². The highest BCUT2D eigenvalue weighted by molar-refractivity contribution is 7.18. The first-order valence-corrected chi connectivity index (χ1v) is 14.4. The minimum absolute atomic E-state index is 0.0640. The number of H-pyrrole nitrogens is 1. The Morgan fingerprint density at radius 1 is 1.11 bits per heavy atom. The van der Waals surface area contributed by atoms with E-state index in [1.807, 2.05) is 30.3 Å². The summed E-state index contributed by atoms with van der Waals surface area (Å²) in [5.74, 6) is 3.88. The van der Waals surface area contributed by atoms with Crippen LogP contribution in [0, 0.1) is 5.92 Å². The monoisotopic (exact) mass is 532 g/mol. The standard InChI is InChI=1S/C31H36N2O4S/c1-5-20(3)21-8-11-23(12-9-21)36-15-6-16-37-25-14-10-22(18-26(25)35-4)29-32-30(34)28-24-13-7-19(2)17-27(24)38-31(28)33-29/h8-12,14,18-20H,5-7,13,15-17H2,1-4H3,(H,32,33,34). The topological polar surface area (TPSA) is 73.4 Å². The Hall–Kier alpha value is -3.32. The normalized spacial score (nSPS) is 15.7. The number of rotatable bonds is 10. The molecule has 0 radical (unpaired) electrons. The number of benzene rings is 2. The van der Waals surface area contributed by atoms with Crippen molar-refractivity contribution in [2.24, 2.45) is 5.92 Å². The number of thiophene rings is 1. The molecule has 2 unspecified atom stereocenters. The van der Waals surface area contributed by atoms with E-state index in [0.717, 1.165) is 53.6 Å². The van der Waals surface area contributed by atoms with Gasteiger partial charge in [-0.2, -0.15) is 0 Å². The molecule has 4 aromatic rings. The highest BCUT2D eigenvalue weighted by Gasteiger charge is 2.23. The first kappa shape index (κ1) is 26.3.